The number of amides is 1. The van der Waals surface area contributed by atoms with E-state index in [-0.39, 0.29) is 30.0 Å². The van der Waals surface area contributed by atoms with Gasteiger partial charge < -0.3 is 15.4 Å². The number of benzene rings is 1. The van der Waals surface area contributed by atoms with Crippen molar-refractivity contribution < 1.29 is 18.3 Å². The topological polar surface area (TPSA) is 50.4 Å². The molecule has 0 aliphatic carbocycles. The number of hydrogen-bond donors (Lipinski definition) is 2. The maximum Gasteiger partial charge on any atom is 0.387 e. The molecule has 1 aliphatic rings. The molecule has 4 nitrogen and oxygen atoms in total. The van der Waals surface area contributed by atoms with Gasteiger partial charge in [0.2, 0.25) is 5.91 Å². The summed E-state index contributed by atoms with van der Waals surface area (Å²) in [5.41, 5.74) is 1.03. The van der Waals surface area contributed by atoms with Crippen LogP contribution in [0.15, 0.2) is 18.2 Å². The lowest BCUT2D eigenvalue weighted by molar-refractivity contribution is -0.120. The van der Waals surface area contributed by atoms with Crippen LogP contribution in [0.5, 0.6) is 5.75 Å². The van der Waals surface area contributed by atoms with Crippen molar-refractivity contribution in [2.75, 3.05) is 18.4 Å². The molecule has 0 saturated carbocycles. The number of hydrogen-bond acceptors (Lipinski definition) is 3. The van der Waals surface area contributed by atoms with Crippen LogP contribution in [0.4, 0.5) is 14.5 Å². The van der Waals surface area contributed by atoms with Crippen LogP contribution >= 0.6 is 12.4 Å². The third-order valence-corrected chi connectivity index (χ3v) is 3.41. The third-order valence-electron chi connectivity index (χ3n) is 3.41. The molecule has 1 aliphatic heterocycles. The Kier molecular flexibility index (Phi) is 6.84. The summed E-state index contributed by atoms with van der Waals surface area (Å²) in [6.07, 6.45) is 1.51. The number of para-hydroxylation sites is 1. The molecule has 1 aromatic carbocycles. The van der Waals surface area contributed by atoms with E-state index in [9.17, 15) is 13.6 Å². The number of ether oxygens (including phenoxy) is 1. The van der Waals surface area contributed by atoms with Crippen molar-refractivity contribution in [3.63, 3.8) is 0 Å². The van der Waals surface area contributed by atoms with Crippen molar-refractivity contribution in [1.82, 2.24) is 5.32 Å². The number of alkyl halides is 2. The Morgan fingerprint density at radius 1 is 1.38 bits per heavy atom. The fraction of sp³-hybridized carbons (Fsp3) is 0.500. The molecule has 21 heavy (non-hydrogen) atoms. The maximum absolute atomic E-state index is 12.4. The predicted octanol–water partition coefficient (Wildman–Crippen LogP) is 2.96. The Bertz CT molecular complexity index is 480. The molecule has 0 unspecified atom stereocenters. The van der Waals surface area contributed by atoms with E-state index < -0.39 is 6.61 Å². The van der Waals surface area contributed by atoms with E-state index in [1.54, 1.807) is 19.1 Å². The lowest BCUT2D eigenvalue weighted by Gasteiger charge is -2.23. The van der Waals surface area contributed by atoms with Crippen molar-refractivity contribution in [3.8, 4) is 5.75 Å². The van der Waals surface area contributed by atoms with E-state index in [0.717, 1.165) is 25.9 Å². The largest absolute Gasteiger partial charge is 0.433 e. The van der Waals surface area contributed by atoms with Gasteiger partial charge in [0, 0.05) is 5.92 Å². The molecule has 2 N–H and O–H groups in total. The molecule has 1 aromatic rings. The van der Waals surface area contributed by atoms with Crippen LogP contribution < -0.4 is 15.4 Å². The van der Waals surface area contributed by atoms with E-state index in [2.05, 4.69) is 15.4 Å². The number of rotatable bonds is 4. The summed E-state index contributed by atoms with van der Waals surface area (Å²) >= 11 is 0. The van der Waals surface area contributed by atoms with Crippen LogP contribution in [0.25, 0.3) is 0 Å². The van der Waals surface area contributed by atoms with Crippen LogP contribution in [0.2, 0.25) is 0 Å². The molecule has 0 spiro atoms. The zero-order chi connectivity index (χ0) is 14.5. The molecule has 118 valence electrons. The zero-order valence-electron chi connectivity index (χ0n) is 11.7. The minimum Gasteiger partial charge on any atom is -0.433 e. The van der Waals surface area contributed by atoms with E-state index in [1.165, 1.54) is 6.07 Å². The third kappa shape index (κ3) is 4.82. The number of piperidine rings is 1. The van der Waals surface area contributed by atoms with Gasteiger partial charge in [-0.25, -0.2) is 0 Å². The summed E-state index contributed by atoms with van der Waals surface area (Å²) in [5, 5.41) is 5.91. The molecule has 1 heterocycles. The molecule has 1 fully saturated rings. The highest BCUT2D eigenvalue weighted by atomic mass is 35.5. The van der Waals surface area contributed by atoms with Crippen LogP contribution in [0.3, 0.4) is 0 Å². The van der Waals surface area contributed by atoms with E-state index >= 15 is 0 Å². The fourth-order valence-corrected chi connectivity index (χ4v) is 2.30. The Hall–Kier alpha value is -1.40. The first-order valence-corrected chi connectivity index (χ1v) is 6.64. The van der Waals surface area contributed by atoms with Gasteiger partial charge in [-0.1, -0.05) is 12.1 Å². The normalized spacial score (nSPS) is 15.4. The molecule has 1 saturated heterocycles. The van der Waals surface area contributed by atoms with Crippen molar-refractivity contribution in [1.29, 1.82) is 0 Å². The Labute approximate surface area is 128 Å². The number of carbonyl (C=O) groups excluding carboxylic acids is 1. The van der Waals surface area contributed by atoms with Crippen LogP contribution in [0, 0.1) is 12.8 Å². The molecule has 2 rings (SSSR count). The van der Waals surface area contributed by atoms with Gasteiger partial charge >= 0.3 is 6.61 Å². The minimum atomic E-state index is -2.91. The average Bonchev–Trinajstić information content (AvgIpc) is 2.43. The number of aryl methyl sites for hydroxylation is 1. The zero-order valence-corrected chi connectivity index (χ0v) is 12.5. The Morgan fingerprint density at radius 3 is 2.67 bits per heavy atom. The highest BCUT2D eigenvalue weighted by molar-refractivity contribution is 5.94. The van der Waals surface area contributed by atoms with Crippen LogP contribution in [-0.2, 0) is 4.79 Å². The average molecular weight is 321 g/mol. The van der Waals surface area contributed by atoms with E-state index in [1.807, 2.05) is 0 Å². The molecule has 0 bridgehead atoms. The molecule has 7 heteroatoms. The fourth-order valence-electron chi connectivity index (χ4n) is 2.30. The number of carbonyl (C=O) groups is 1. The predicted molar refractivity (Wildman–Crippen MR) is 79.3 cm³/mol. The van der Waals surface area contributed by atoms with Gasteiger partial charge in [-0.15, -0.1) is 12.4 Å². The second-order valence-electron chi connectivity index (χ2n) is 4.84. The second-order valence-corrected chi connectivity index (χ2v) is 4.84. The number of nitrogens with one attached hydrogen (secondary N) is 2. The van der Waals surface area contributed by atoms with Crippen LogP contribution in [0.1, 0.15) is 18.4 Å². The number of anilines is 1. The van der Waals surface area contributed by atoms with Crippen LogP contribution in [-0.4, -0.2) is 25.6 Å². The van der Waals surface area contributed by atoms with Crippen molar-refractivity contribution in [2.45, 2.75) is 26.4 Å². The van der Waals surface area contributed by atoms with Crippen molar-refractivity contribution >= 4 is 24.0 Å². The SMILES string of the molecule is Cc1cccc(OC(F)F)c1NC(=O)C1CCNCC1.Cl. The molecule has 1 amide bonds. The van der Waals surface area contributed by atoms with Crippen molar-refractivity contribution in [2.24, 2.45) is 5.92 Å². The van der Waals surface area contributed by atoms with Gasteiger partial charge in [-0.3, -0.25) is 4.79 Å². The highest BCUT2D eigenvalue weighted by Gasteiger charge is 2.23. The summed E-state index contributed by atoms with van der Waals surface area (Å²) in [7, 11) is 0. The summed E-state index contributed by atoms with van der Waals surface area (Å²) in [6, 6.07) is 4.79. The van der Waals surface area contributed by atoms with Gasteiger partial charge in [0.15, 0.2) is 0 Å². The summed E-state index contributed by atoms with van der Waals surface area (Å²) in [4.78, 5) is 12.2. The van der Waals surface area contributed by atoms with Gasteiger partial charge in [0.1, 0.15) is 5.75 Å². The van der Waals surface area contributed by atoms with Gasteiger partial charge in [0.25, 0.3) is 0 Å². The Balaban J connectivity index is 0.00000220. The molecule has 0 atom stereocenters. The standard InChI is InChI=1S/C14H18F2N2O2.ClH/c1-9-3-2-4-11(20-14(15)16)12(9)18-13(19)10-5-7-17-8-6-10;/h2-4,10,14,17H,5-8H2,1H3,(H,18,19);1H. The monoisotopic (exact) mass is 320 g/mol. The molecule has 0 radical (unpaired) electrons. The van der Waals surface area contributed by atoms with Gasteiger partial charge in [0.05, 0.1) is 5.69 Å². The summed E-state index contributed by atoms with van der Waals surface area (Å²) in [5.74, 6) is -0.225. The molecular weight excluding hydrogens is 302 g/mol. The van der Waals surface area contributed by atoms with E-state index in [0.29, 0.717) is 11.3 Å². The van der Waals surface area contributed by atoms with Gasteiger partial charge in [-0.2, -0.15) is 8.78 Å². The highest BCUT2D eigenvalue weighted by Crippen LogP contribution is 2.30. The quantitative estimate of drug-likeness (QED) is 0.896. The van der Waals surface area contributed by atoms with Crippen molar-refractivity contribution in [3.05, 3.63) is 23.8 Å². The first kappa shape index (κ1) is 17.7. The smallest absolute Gasteiger partial charge is 0.387 e. The first-order chi connectivity index (χ1) is 9.58. The number of halogens is 3. The lowest BCUT2D eigenvalue weighted by atomic mass is 9.97. The molecular formula is C14H19ClF2N2O2. The van der Waals surface area contributed by atoms with E-state index in [4.69, 9.17) is 0 Å². The Morgan fingerprint density at radius 2 is 2.05 bits per heavy atom. The minimum absolute atomic E-state index is 0. The summed E-state index contributed by atoms with van der Waals surface area (Å²) < 4.78 is 29.2. The molecule has 0 aromatic heterocycles. The van der Waals surface area contributed by atoms with Gasteiger partial charge in [-0.05, 0) is 44.5 Å². The maximum atomic E-state index is 12.4. The summed E-state index contributed by atoms with van der Waals surface area (Å²) in [6.45, 7) is 0.431. The first-order valence-electron chi connectivity index (χ1n) is 6.64. The lowest BCUT2D eigenvalue weighted by Crippen LogP contribution is -2.34. The second kappa shape index (κ2) is 8.14.